The predicted octanol–water partition coefficient (Wildman–Crippen LogP) is 2.35. The number of piperidine rings is 1. The Kier molecular flexibility index (Phi) is 4.31. The van der Waals surface area contributed by atoms with E-state index in [0.717, 1.165) is 55.5 Å². The highest BCUT2D eigenvalue weighted by Crippen LogP contribution is 2.46. The molecule has 6 rings (SSSR count). The average molecular weight is 407 g/mol. The maximum atomic E-state index is 6.45. The lowest BCUT2D eigenvalue weighted by atomic mass is 9.74. The van der Waals surface area contributed by atoms with Crippen molar-refractivity contribution in [3.05, 3.63) is 35.9 Å². The Morgan fingerprint density at radius 3 is 2.83 bits per heavy atom. The van der Waals surface area contributed by atoms with Crippen LogP contribution < -0.4 is 26.4 Å². The van der Waals surface area contributed by atoms with Crippen LogP contribution in [0.5, 0.6) is 0 Å². The zero-order valence-corrected chi connectivity index (χ0v) is 17.3. The van der Waals surface area contributed by atoms with Gasteiger partial charge >= 0.3 is 0 Å². The Labute approximate surface area is 177 Å². The highest BCUT2D eigenvalue weighted by Gasteiger charge is 2.43. The van der Waals surface area contributed by atoms with E-state index in [9.17, 15) is 0 Å². The normalized spacial score (nSPS) is 27.1. The quantitative estimate of drug-likeness (QED) is 0.700. The molecule has 1 aliphatic carbocycles. The van der Waals surface area contributed by atoms with Gasteiger partial charge in [-0.2, -0.15) is 0 Å². The number of fused-ring (bicyclic) bond motifs is 2. The summed E-state index contributed by atoms with van der Waals surface area (Å²) in [5.74, 6) is 1.80. The maximum absolute atomic E-state index is 6.45. The Morgan fingerprint density at radius 1 is 1.10 bits per heavy atom. The van der Waals surface area contributed by atoms with E-state index in [-0.39, 0.29) is 6.17 Å². The summed E-state index contributed by atoms with van der Waals surface area (Å²) in [6, 6.07) is 4.54. The van der Waals surface area contributed by atoms with E-state index >= 15 is 0 Å². The smallest absolute Gasteiger partial charge is 0.168 e. The number of nitrogens with zero attached hydrogens (tertiary/aromatic N) is 5. The Bertz CT molecular complexity index is 938. The predicted molar refractivity (Wildman–Crippen MR) is 117 cm³/mol. The Morgan fingerprint density at radius 2 is 2.00 bits per heavy atom. The van der Waals surface area contributed by atoms with E-state index < -0.39 is 0 Å². The second kappa shape index (κ2) is 7.06. The number of aromatic nitrogens is 3. The van der Waals surface area contributed by atoms with Gasteiger partial charge in [0.1, 0.15) is 17.7 Å². The lowest BCUT2D eigenvalue weighted by molar-refractivity contribution is 0.197. The minimum atomic E-state index is -0.0223. The average Bonchev–Trinajstić information content (AvgIpc) is 3.37. The second-order valence-corrected chi connectivity index (χ2v) is 9.25. The third kappa shape index (κ3) is 2.85. The van der Waals surface area contributed by atoms with E-state index in [1.165, 1.54) is 37.8 Å². The molecule has 0 radical (unpaired) electrons. The summed E-state index contributed by atoms with van der Waals surface area (Å²) in [6.07, 6.45) is 12.0. The number of nitrogens with two attached hydrogens (primary N) is 1. The van der Waals surface area contributed by atoms with Crippen LogP contribution in [0.2, 0.25) is 0 Å². The molecular weight excluding hydrogens is 376 g/mol. The molecule has 2 aromatic heterocycles. The van der Waals surface area contributed by atoms with Crippen molar-refractivity contribution in [2.45, 2.75) is 57.2 Å². The van der Waals surface area contributed by atoms with Gasteiger partial charge in [-0.1, -0.05) is 6.42 Å². The molecule has 2 atom stereocenters. The molecule has 4 aliphatic rings. The monoisotopic (exact) mass is 406 g/mol. The summed E-state index contributed by atoms with van der Waals surface area (Å²) in [5, 5.41) is 0. The van der Waals surface area contributed by atoms with Crippen molar-refractivity contribution in [3.63, 3.8) is 0 Å². The number of nitrogens with one attached hydrogen (secondary N) is 2. The van der Waals surface area contributed by atoms with Crippen molar-refractivity contribution in [1.82, 2.24) is 20.4 Å². The number of hydrazine groups is 1. The molecule has 30 heavy (non-hydrogen) atoms. The minimum Gasteiger partial charge on any atom is -0.355 e. The summed E-state index contributed by atoms with van der Waals surface area (Å²) in [6.45, 7) is 3.02. The molecule has 158 valence electrons. The summed E-state index contributed by atoms with van der Waals surface area (Å²) >= 11 is 0. The van der Waals surface area contributed by atoms with Gasteiger partial charge in [-0.05, 0) is 56.1 Å². The van der Waals surface area contributed by atoms with Gasteiger partial charge in [0.25, 0.3) is 0 Å². The first-order valence-electron chi connectivity index (χ1n) is 11.3. The molecule has 2 aromatic rings. The molecule has 1 spiro atoms. The molecule has 4 N–H and O–H groups in total. The fraction of sp³-hybridized carbons (Fsp3) is 0.591. The van der Waals surface area contributed by atoms with Gasteiger partial charge in [0.15, 0.2) is 5.82 Å². The van der Waals surface area contributed by atoms with Gasteiger partial charge < -0.3 is 21.0 Å². The van der Waals surface area contributed by atoms with Gasteiger partial charge in [-0.3, -0.25) is 4.98 Å². The van der Waals surface area contributed by atoms with Crippen LogP contribution in [0.15, 0.2) is 24.5 Å². The van der Waals surface area contributed by atoms with Crippen molar-refractivity contribution >= 4 is 17.3 Å². The number of anilines is 3. The van der Waals surface area contributed by atoms with E-state index in [1.54, 1.807) is 0 Å². The van der Waals surface area contributed by atoms with Crippen molar-refractivity contribution in [2.75, 3.05) is 34.9 Å². The Hall–Kier alpha value is -2.45. The first kappa shape index (κ1) is 18.3. The molecule has 1 saturated heterocycles. The van der Waals surface area contributed by atoms with Gasteiger partial charge in [0, 0.05) is 31.9 Å². The van der Waals surface area contributed by atoms with E-state index in [0.29, 0.717) is 11.5 Å². The fourth-order valence-corrected chi connectivity index (χ4v) is 5.92. The SMILES string of the molecule is NC1CCCC12CCN(c1cnc3c(n1)NNC3N1CCCc3ncccc31)CC2. The number of pyridine rings is 1. The lowest BCUT2D eigenvalue weighted by Crippen LogP contribution is -2.47. The molecular formula is C22H30N8. The van der Waals surface area contributed by atoms with Crippen LogP contribution in [0.1, 0.15) is 56.1 Å². The second-order valence-electron chi connectivity index (χ2n) is 9.25. The molecule has 3 aliphatic heterocycles. The van der Waals surface area contributed by atoms with Crippen molar-refractivity contribution < 1.29 is 0 Å². The number of hydrogen-bond donors (Lipinski definition) is 3. The molecule has 0 bridgehead atoms. The Balaban J connectivity index is 1.21. The van der Waals surface area contributed by atoms with Crippen LogP contribution >= 0.6 is 0 Å². The lowest BCUT2D eigenvalue weighted by Gasteiger charge is -2.42. The third-order valence-corrected chi connectivity index (χ3v) is 7.73. The first-order valence-corrected chi connectivity index (χ1v) is 11.3. The minimum absolute atomic E-state index is 0.0223. The standard InChI is InChI=1S/C22H30N8/c23-17-6-1-7-22(17)8-12-29(13-9-22)18-14-25-19-20(26-18)27-28-21(19)30-11-3-4-15-16(30)5-2-10-24-15/h2,5,10,14,17,21,28H,1,3-4,6-9,11-13,23H2,(H,26,27). The zero-order valence-electron chi connectivity index (χ0n) is 17.3. The molecule has 0 aromatic carbocycles. The number of rotatable bonds is 2. The third-order valence-electron chi connectivity index (χ3n) is 7.73. The van der Waals surface area contributed by atoms with Crippen LogP contribution in [0, 0.1) is 5.41 Å². The first-order chi connectivity index (χ1) is 14.7. The van der Waals surface area contributed by atoms with Crippen molar-refractivity contribution in [1.29, 1.82) is 0 Å². The van der Waals surface area contributed by atoms with Crippen LogP contribution in [0.25, 0.3) is 0 Å². The molecule has 8 heteroatoms. The van der Waals surface area contributed by atoms with Crippen LogP contribution in [0.3, 0.4) is 0 Å². The summed E-state index contributed by atoms with van der Waals surface area (Å²) in [5.41, 5.74) is 16.8. The molecule has 2 fully saturated rings. The van der Waals surface area contributed by atoms with E-state index in [4.69, 9.17) is 15.7 Å². The largest absolute Gasteiger partial charge is 0.355 e. The maximum Gasteiger partial charge on any atom is 0.168 e. The number of aryl methyl sites for hydroxylation is 1. The molecule has 1 saturated carbocycles. The van der Waals surface area contributed by atoms with Gasteiger partial charge in [0.2, 0.25) is 0 Å². The topological polar surface area (TPSA) is 95.2 Å². The fourth-order valence-electron chi connectivity index (χ4n) is 5.92. The zero-order chi connectivity index (χ0) is 20.1. The highest BCUT2D eigenvalue weighted by molar-refractivity contribution is 5.59. The van der Waals surface area contributed by atoms with Crippen molar-refractivity contribution in [3.8, 4) is 0 Å². The highest BCUT2D eigenvalue weighted by atomic mass is 15.5. The molecule has 0 amide bonds. The summed E-state index contributed by atoms with van der Waals surface area (Å²) in [7, 11) is 0. The van der Waals surface area contributed by atoms with Crippen LogP contribution in [0.4, 0.5) is 17.3 Å². The number of hydrogen-bond acceptors (Lipinski definition) is 8. The molecule has 2 unspecified atom stereocenters. The van der Waals surface area contributed by atoms with E-state index in [2.05, 4.69) is 31.7 Å². The molecule has 8 nitrogen and oxygen atoms in total. The van der Waals surface area contributed by atoms with Gasteiger partial charge in [-0.15, -0.1) is 0 Å². The summed E-state index contributed by atoms with van der Waals surface area (Å²) in [4.78, 5) is 19.1. The van der Waals surface area contributed by atoms with Gasteiger partial charge in [-0.25, -0.2) is 15.4 Å². The summed E-state index contributed by atoms with van der Waals surface area (Å²) < 4.78 is 0. The van der Waals surface area contributed by atoms with Crippen LogP contribution in [-0.4, -0.2) is 40.6 Å². The van der Waals surface area contributed by atoms with Crippen molar-refractivity contribution in [2.24, 2.45) is 11.1 Å². The molecule has 5 heterocycles. The van der Waals surface area contributed by atoms with Crippen LogP contribution in [-0.2, 0) is 6.42 Å². The van der Waals surface area contributed by atoms with E-state index in [1.807, 2.05) is 18.5 Å². The van der Waals surface area contributed by atoms with Gasteiger partial charge in [0.05, 0.1) is 17.6 Å².